The van der Waals surface area contributed by atoms with E-state index >= 15 is 0 Å². The van der Waals surface area contributed by atoms with E-state index in [1.807, 2.05) is 19.1 Å². The van der Waals surface area contributed by atoms with Gasteiger partial charge in [0.05, 0.1) is 12.2 Å². The van der Waals surface area contributed by atoms with Crippen LogP contribution in [-0.4, -0.2) is 23.3 Å². The van der Waals surface area contributed by atoms with Crippen LogP contribution in [0.3, 0.4) is 0 Å². The Hall–Kier alpha value is -2.58. The Labute approximate surface area is 123 Å². The quantitative estimate of drug-likeness (QED) is 0.823. The van der Waals surface area contributed by atoms with Crippen LogP contribution < -0.4 is 9.47 Å². The molecule has 5 nitrogen and oxygen atoms in total. The second-order valence-corrected chi connectivity index (χ2v) is 4.36. The van der Waals surface area contributed by atoms with Gasteiger partial charge in [0.2, 0.25) is 0 Å². The van der Waals surface area contributed by atoms with Gasteiger partial charge in [-0.3, -0.25) is 4.98 Å². The van der Waals surface area contributed by atoms with Crippen molar-refractivity contribution in [3.05, 3.63) is 53.3 Å². The van der Waals surface area contributed by atoms with E-state index in [0.717, 1.165) is 5.69 Å². The number of aromatic nitrogens is 1. The molecule has 5 heteroatoms. The summed E-state index contributed by atoms with van der Waals surface area (Å²) in [7, 11) is 0. The maximum absolute atomic E-state index is 9.24. The van der Waals surface area contributed by atoms with Crippen molar-refractivity contribution in [1.29, 1.82) is 5.26 Å². The van der Waals surface area contributed by atoms with Crippen LogP contribution in [0, 0.1) is 18.3 Å². The predicted octanol–water partition coefficient (Wildman–Crippen LogP) is 2.21. The van der Waals surface area contributed by atoms with Crippen LogP contribution >= 0.6 is 0 Å². The summed E-state index contributed by atoms with van der Waals surface area (Å²) in [4.78, 5) is 4.20. The van der Waals surface area contributed by atoms with Crippen LogP contribution in [0.25, 0.3) is 0 Å². The van der Waals surface area contributed by atoms with Gasteiger partial charge >= 0.3 is 0 Å². The summed E-state index contributed by atoms with van der Waals surface area (Å²) in [6.45, 7) is 2.29. The summed E-state index contributed by atoms with van der Waals surface area (Å²) >= 11 is 0. The molecule has 0 amide bonds. The first kappa shape index (κ1) is 14.8. The highest BCUT2D eigenvalue weighted by molar-refractivity contribution is 5.42. The zero-order valence-corrected chi connectivity index (χ0v) is 11.7. The van der Waals surface area contributed by atoms with E-state index in [1.54, 1.807) is 24.3 Å². The van der Waals surface area contributed by atoms with Gasteiger partial charge < -0.3 is 14.6 Å². The van der Waals surface area contributed by atoms with Gasteiger partial charge in [-0.1, -0.05) is 12.1 Å². The maximum atomic E-state index is 9.24. The Balaban J connectivity index is 1.89. The molecule has 1 aromatic heterocycles. The number of benzene rings is 1. The van der Waals surface area contributed by atoms with Crippen molar-refractivity contribution in [2.45, 2.75) is 13.5 Å². The lowest BCUT2D eigenvalue weighted by Gasteiger charge is -2.11. The van der Waals surface area contributed by atoms with E-state index in [2.05, 4.69) is 11.1 Å². The number of para-hydroxylation sites is 1. The van der Waals surface area contributed by atoms with Crippen molar-refractivity contribution >= 4 is 0 Å². The van der Waals surface area contributed by atoms with Crippen molar-refractivity contribution in [1.82, 2.24) is 4.98 Å². The smallest absolute Gasteiger partial charge is 0.143 e. The monoisotopic (exact) mass is 284 g/mol. The maximum Gasteiger partial charge on any atom is 0.143 e. The Kier molecular flexibility index (Phi) is 5.13. The Morgan fingerprint density at radius 2 is 1.81 bits per heavy atom. The minimum absolute atomic E-state index is 0.171. The van der Waals surface area contributed by atoms with Crippen molar-refractivity contribution < 1.29 is 14.6 Å². The largest absolute Gasteiger partial charge is 0.489 e. The highest BCUT2D eigenvalue weighted by Gasteiger charge is 2.05. The molecule has 1 aromatic carbocycles. The Morgan fingerprint density at radius 3 is 2.52 bits per heavy atom. The number of aryl methyl sites for hydroxylation is 1. The average Bonchev–Trinajstić information content (AvgIpc) is 2.52. The van der Waals surface area contributed by atoms with Gasteiger partial charge in [-0.05, 0) is 31.2 Å². The van der Waals surface area contributed by atoms with Crippen LogP contribution in [0.15, 0.2) is 36.4 Å². The Morgan fingerprint density at radius 1 is 1.10 bits per heavy atom. The first-order chi connectivity index (χ1) is 10.2. The SMILES string of the molecule is Cc1ccc(OCCOc2ccccc2C#N)c(CO)n1. The lowest BCUT2D eigenvalue weighted by atomic mass is 10.2. The number of pyridine rings is 1. The molecule has 108 valence electrons. The van der Waals surface area contributed by atoms with Gasteiger partial charge in [0.15, 0.2) is 0 Å². The molecule has 1 heterocycles. The van der Waals surface area contributed by atoms with E-state index < -0.39 is 0 Å². The lowest BCUT2D eigenvalue weighted by molar-refractivity contribution is 0.207. The number of nitriles is 1. The Bertz CT molecular complexity index is 650. The summed E-state index contributed by atoms with van der Waals surface area (Å²) in [6.07, 6.45) is 0. The van der Waals surface area contributed by atoms with E-state index in [4.69, 9.17) is 14.7 Å². The zero-order chi connectivity index (χ0) is 15.1. The van der Waals surface area contributed by atoms with Crippen LogP contribution in [0.4, 0.5) is 0 Å². The van der Waals surface area contributed by atoms with Crippen LogP contribution in [0.1, 0.15) is 17.0 Å². The van der Waals surface area contributed by atoms with Crippen LogP contribution in [-0.2, 0) is 6.61 Å². The van der Waals surface area contributed by atoms with Gasteiger partial charge in [-0.15, -0.1) is 0 Å². The molecule has 0 aliphatic heterocycles. The topological polar surface area (TPSA) is 75.4 Å². The molecule has 0 atom stereocenters. The third-order valence-electron chi connectivity index (χ3n) is 2.83. The summed E-state index contributed by atoms with van der Waals surface area (Å²) < 4.78 is 11.1. The number of nitrogens with zero attached hydrogens (tertiary/aromatic N) is 2. The van der Waals surface area contributed by atoms with Gasteiger partial charge in [0.25, 0.3) is 0 Å². The summed E-state index contributed by atoms with van der Waals surface area (Å²) in [6, 6.07) is 12.7. The molecule has 0 aliphatic rings. The van der Waals surface area contributed by atoms with Crippen molar-refractivity contribution in [3.8, 4) is 17.6 Å². The summed E-state index contributed by atoms with van der Waals surface area (Å²) in [5.41, 5.74) is 1.82. The average molecular weight is 284 g/mol. The minimum atomic E-state index is -0.171. The van der Waals surface area contributed by atoms with Crippen molar-refractivity contribution in [2.24, 2.45) is 0 Å². The van der Waals surface area contributed by atoms with E-state index in [1.165, 1.54) is 0 Å². The highest BCUT2D eigenvalue weighted by atomic mass is 16.5. The fourth-order valence-electron chi connectivity index (χ4n) is 1.83. The predicted molar refractivity (Wildman–Crippen MR) is 77.0 cm³/mol. The second kappa shape index (κ2) is 7.27. The molecule has 0 fully saturated rings. The van der Waals surface area contributed by atoms with Gasteiger partial charge in [-0.2, -0.15) is 5.26 Å². The van der Waals surface area contributed by atoms with E-state index in [9.17, 15) is 5.11 Å². The number of rotatable bonds is 6. The van der Waals surface area contributed by atoms with Gasteiger partial charge in [0.1, 0.15) is 36.5 Å². The number of hydrogen-bond donors (Lipinski definition) is 1. The molecule has 1 N–H and O–H groups in total. The number of hydrogen-bond acceptors (Lipinski definition) is 5. The molecule has 0 bridgehead atoms. The molecule has 0 saturated heterocycles. The molecule has 2 rings (SSSR count). The first-order valence-electron chi connectivity index (χ1n) is 6.56. The molecule has 0 saturated carbocycles. The molecule has 0 unspecified atom stereocenters. The van der Waals surface area contributed by atoms with Crippen molar-refractivity contribution in [2.75, 3.05) is 13.2 Å². The molecule has 0 aliphatic carbocycles. The molecular formula is C16H16N2O3. The fraction of sp³-hybridized carbons (Fsp3) is 0.250. The minimum Gasteiger partial charge on any atom is -0.489 e. The van der Waals surface area contributed by atoms with Gasteiger partial charge in [0, 0.05) is 5.69 Å². The number of aliphatic hydroxyl groups excluding tert-OH is 1. The van der Waals surface area contributed by atoms with Gasteiger partial charge in [-0.25, -0.2) is 0 Å². The molecule has 0 spiro atoms. The highest BCUT2D eigenvalue weighted by Crippen LogP contribution is 2.18. The summed E-state index contributed by atoms with van der Waals surface area (Å²) in [5.74, 6) is 1.08. The first-order valence-corrected chi connectivity index (χ1v) is 6.56. The van der Waals surface area contributed by atoms with Crippen LogP contribution in [0.5, 0.6) is 11.5 Å². The molecule has 0 radical (unpaired) electrons. The van der Waals surface area contributed by atoms with Crippen molar-refractivity contribution in [3.63, 3.8) is 0 Å². The van der Waals surface area contributed by atoms with E-state index in [0.29, 0.717) is 36.0 Å². The van der Waals surface area contributed by atoms with E-state index in [-0.39, 0.29) is 6.61 Å². The third-order valence-corrected chi connectivity index (χ3v) is 2.83. The molecule has 2 aromatic rings. The fourth-order valence-corrected chi connectivity index (χ4v) is 1.83. The standard InChI is InChI=1S/C16H16N2O3/c1-12-6-7-16(14(11-19)18-12)21-9-8-20-15-5-3-2-4-13(15)10-17/h2-7,19H,8-9,11H2,1H3. The second-order valence-electron chi connectivity index (χ2n) is 4.36. The number of ether oxygens (including phenoxy) is 2. The zero-order valence-electron chi connectivity index (χ0n) is 11.7. The lowest BCUT2D eigenvalue weighted by Crippen LogP contribution is -2.11. The normalized spacial score (nSPS) is 9.95. The number of aliphatic hydroxyl groups is 1. The molecular weight excluding hydrogens is 268 g/mol. The van der Waals surface area contributed by atoms with Crippen LogP contribution in [0.2, 0.25) is 0 Å². The summed E-state index contributed by atoms with van der Waals surface area (Å²) in [5, 5.41) is 18.2. The third kappa shape index (κ3) is 3.94. The molecule has 21 heavy (non-hydrogen) atoms.